The molecule has 1 N–H and O–H groups in total. The van der Waals surface area contributed by atoms with Crippen molar-refractivity contribution in [2.45, 2.75) is 45.7 Å². The first kappa shape index (κ1) is 17.4. The maximum absolute atomic E-state index is 12.2. The minimum absolute atomic E-state index is 0.145. The number of hydrogen-bond acceptors (Lipinski definition) is 5. The van der Waals surface area contributed by atoms with Gasteiger partial charge in [-0.1, -0.05) is 13.8 Å². The lowest BCUT2D eigenvalue weighted by Gasteiger charge is -2.42. The molecule has 0 aromatic carbocycles. The molecule has 118 valence electrons. The molecular formula is C15H31N3O2. The lowest BCUT2D eigenvalue weighted by molar-refractivity contribution is -0.151. The quantitative estimate of drug-likeness (QED) is 0.706. The monoisotopic (exact) mass is 285 g/mol. The fraction of sp³-hybridized carbons (Fsp3) is 0.933. The summed E-state index contributed by atoms with van der Waals surface area (Å²) in [7, 11) is 2.18. The van der Waals surface area contributed by atoms with Crippen LogP contribution in [0.15, 0.2) is 0 Å². The molecule has 5 heteroatoms. The summed E-state index contributed by atoms with van der Waals surface area (Å²) in [6, 6.07) is 0.580. The smallest absolute Gasteiger partial charge is 0.327 e. The van der Waals surface area contributed by atoms with Crippen LogP contribution in [0.4, 0.5) is 0 Å². The van der Waals surface area contributed by atoms with Gasteiger partial charge in [0.2, 0.25) is 0 Å². The van der Waals surface area contributed by atoms with Gasteiger partial charge in [0.05, 0.1) is 6.61 Å². The van der Waals surface area contributed by atoms with Gasteiger partial charge in [-0.15, -0.1) is 0 Å². The number of nitrogens with zero attached hydrogens (tertiary/aromatic N) is 2. The second kappa shape index (κ2) is 7.96. The molecule has 2 atom stereocenters. The van der Waals surface area contributed by atoms with E-state index < -0.39 is 5.54 Å². The second-order valence-electron chi connectivity index (χ2n) is 5.86. The van der Waals surface area contributed by atoms with Gasteiger partial charge >= 0.3 is 5.97 Å². The Balaban J connectivity index is 2.68. The van der Waals surface area contributed by atoms with Crippen molar-refractivity contribution in [1.29, 1.82) is 0 Å². The molecule has 5 nitrogen and oxygen atoms in total. The van der Waals surface area contributed by atoms with Gasteiger partial charge < -0.3 is 15.0 Å². The molecule has 0 radical (unpaired) electrons. The number of ether oxygens (including phenoxy) is 1. The summed E-state index contributed by atoms with van der Waals surface area (Å²) < 4.78 is 5.24. The molecule has 2 unspecified atom stereocenters. The lowest BCUT2D eigenvalue weighted by Crippen LogP contribution is -2.61. The highest BCUT2D eigenvalue weighted by molar-refractivity contribution is 5.80. The van der Waals surface area contributed by atoms with E-state index in [1.54, 1.807) is 0 Å². The number of nitrogens with one attached hydrogen (secondary N) is 1. The maximum atomic E-state index is 12.2. The summed E-state index contributed by atoms with van der Waals surface area (Å²) in [6.45, 7) is 13.0. The molecule has 1 aliphatic heterocycles. The summed E-state index contributed by atoms with van der Waals surface area (Å²) in [5, 5.41) is 3.31. The highest BCUT2D eigenvalue weighted by Gasteiger charge is 2.37. The number of rotatable bonds is 7. The summed E-state index contributed by atoms with van der Waals surface area (Å²) in [5.74, 6) is -0.145. The van der Waals surface area contributed by atoms with E-state index in [1.165, 1.54) is 0 Å². The van der Waals surface area contributed by atoms with Crippen LogP contribution >= 0.6 is 0 Å². The Hall–Kier alpha value is -0.650. The predicted molar refractivity (Wildman–Crippen MR) is 81.9 cm³/mol. The Morgan fingerprint density at radius 2 is 2.05 bits per heavy atom. The van der Waals surface area contributed by atoms with Crippen LogP contribution < -0.4 is 5.32 Å². The largest absolute Gasteiger partial charge is 0.465 e. The third-order valence-electron chi connectivity index (χ3n) is 4.17. The van der Waals surface area contributed by atoms with Crippen molar-refractivity contribution in [2.75, 3.05) is 46.4 Å². The number of piperazine rings is 1. The number of esters is 1. The standard InChI is InChI=1S/C15H31N3O2/c1-6-13-11-18(10-9-17(13)5)12-15(4,16-7-2)14(19)20-8-3/h13,16H,6-12H2,1-5H3. The van der Waals surface area contributed by atoms with Crippen LogP contribution in [0.1, 0.15) is 34.1 Å². The molecule has 0 spiro atoms. The van der Waals surface area contributed by atoms with Gasteiger partial charge in [0.15, 0.2) is 0 Å². The molecule has 1 saturated heterocycles. The van der Waals surface area contributed by atoms with Gasteiger partial charge in [0.25, 0.3) is 0 Å². The zero-order chi connectivity index (χ0) is 15.2. The first-order valence-corrected chi connectivity index (χ1v) is 7.81. The van der Waals surface area contributed by atoms with Crippen LogP contribution in [0.2, 0.25) is 0 Å². The van der Waals surface area contributed by atoms with Crippen molar-refractivity contribution in [1.82, 2.24) is 15.1 Å². The number of carbonyl (C=O) groups is 1. The SMILES string of the molecule is CCNC(C)(CN1CCN(C)C(CC)C1)C(=O)OCC. The molecular weight excluding hydrogens is 254 g/mol. The molecule has 1 aliphatic rings. The van der Waals surface area contributed by atoms with Crippen molar-refractivity contribution in [3.05, 3.63) is 0 Å². The Morgan fingerprint density at radius 3 is 2.60 bits per heavy atom. The van der Waals surface area contributed by atoms with E-state index in [1.807, 2.05) is 20.8 Å². The molecule has 0 saturated carbocycles. The Morgan fingerprint density at radius 1 is 1.35 bits per heavy atom. The Labute approximate surface area is 123 Å². The van der Waals surface area contributed by atoms with Gasteiger partial charge in [-0.05, 0) is 33.9 Å². The molecule has 1 rings (SSSR count). The first-order valence-electron chi connectivity index (χ1n) is 7.81. The fourth-order valence-corrected chi connectivity index (χ4v) is 2.92. The predicted octanol–water partition coefficient (Wildman–Crippen LogP) is 0.944. The van der Waals surface area contributed by atoms with E-state index in [9.17, 15) is 4.79 Å². The van der Waals surface area contributed by atoms with Gasteiger partial charge in [-0.2, -0.15) is 0 Å². The minimum Gasteiger partial charge on any atom is -0.465 e. The van der Waals surface area contributed by atoms with E-state index in [4.69, 9.17) is 4.74 Å². The molecule has 20 heavy (non-hydrogen) atoms. The van der Waals surface area contributed by atoms with Crippen molar-refractivity contribution in [3.8, 4) is 0 Å². The first-order chi connectivity index (χ1) is 9.46. The summed E-state index contributed by atoms with van der Waals surface area (Å²) in [6.07, 6.45) is 1.14. The van der Waals surface area contributed by atoms with Crippen LogP contribution in [0, 0.1) is 0 Å². The Kier molecular flexibility index (Phi) is 6.92. The molecule has 1 fully saturated rings. The third kappa shape index (κ3) is 4.43. The van der Waals surface area contributed by atoms with E-state index in [0.29, 0.717) is 19.2 Å². The van der Waals surface area contributed by atoms with Crippen LogP contribution in [-0.2, 0) is 9.53 Å². The second-order valence-corrected chi connectivity index (χ2v) is 5.86. The van der Waals surface area contributed by atoms with Crippen molar-refractivity contribution in [2.24, 2.45) is 0 Å². The van der Waals surface area contributed by atoms with Crippen molar-refractivity contribution >= 4 is 5.97 Å². The van der Waals surface area contributed by atoms with Gasteiger partial charge in [-0.3, -0.25) is 9.69 Å². The summed E-state index contributed by atoms with van der Waals surface area (Å²) >= 11 is 0. The minimum atomic E-state index is -0.612. The van der Waals surface area contributed by atoms with Gasteiger partial charge in [0, 0.05) is 32.2 Å². The number of carbonyl (C=O) groups excluding carboxylic acids is 1. The molecule has 0 amide bonds. The topological polar surface area (TPSA) is 44.8 Å². The van der Waals surface area contributed by atoms with E-state index in [2.05, 4.69) is 29.1 Å². The zero-order valence-electron chi connectivity index (χ0n) is 13.7. The van der Waals surface area contributed by atoms with E-state index in [0.717, 1.165) is 32.6 Å². The average molecular weight is 285 g/mol. The van der Waals surface area contributed by atoms with Crippen LogP contribution in [0.5, 0.6) is 0 Å². The third-order valence-corrected chi connectivity index (χ3v) is 4.17. The van der Waals surface area contributed by atoms with Crippen molar-refractivity contribution in [3.63, 3.8) is 0 Å². The normalized spacial score (nSPS) is 24.4. The molecule has 0 aliphatic carbocycles. The zero-order valence-corrected chi connectivity index (χ0v) is 13.7. The molecule has 1 heterocycles. The average Bonchev–Trinajstić information content (AvgIpc) is 2.41. The highest BCUT2D eigenvalue weighted by atomic mass is 16.5. The van der Waals surface area contributed by atoms with Gasteiger partial charge in [-0.25, -0.2) is 0 Å². The van der Waals surface area contributed by atoms with Crippen molar-refractivity contribution < 1.29 is 9.53 Å². The van der Waals surface area contributed by atoms with Crippen LogP contribution in [0.25, 0.3) is 0 Å². The summed E-state index contributed by atoms with van der Waals surface area (Å²) in [5.41, 5.74) is -0.612. The highest BCUT2D eigenvalue weighted by Crippen LogP contribution is 2.15. The fourth-order valence-electron chi connectivity index (χ4n) is 2.92. The van der Waals surface area contributed by atoms with E-state index in [-0.39, 0.29) is 5.97 Å². The number of hydrogen-bond donors (Lipinski definition) is 1. The van der Waals surface area contributed by atoms with Crippen LogP contribution in [0.3, 0.4) is 0 Å². The molecule has 0 aromatic heterocycles. The summed E-state index contributed by atoms with van der Waals surface area (Å²) in [4.78, 5) is 17.0. The molecule has 0 aromatic rings. The lowest BCUT2D eigenvalue weighted by atomic mass is 10.00. The molecule has 0 bridgehead atoms. The van der Waals surface area contributed by atoms with E-state index >= 15 is 0 Å². The number of likely N-dealkylation sites (N-methyl/N-ethyl adjacent to an activating group) is 2. The van der Waals surface area contributed by atoms with Crippen LogP contribution in [-0.4, -0.2) is 73.7 Å². The maximum Gasteiger partial charge on any atom is 0.327 e. The Bertz CT molecular complexity index is 311. The van der Waals surface area contributed by atoms with Gasteiger partial charge in [0.1, 0.15) is 5.54 Å².